The third-order valence-electron chi connectivity index (χ3n) is 4.29. The summed E-state index contributed by atoms with van der Waals surface area (Å²) in [5.74, 6) is 0.591. The van der Waals surface area contributed by atoms with Gasteiger partial charge in [-0.05, 0) is 51.1 Å². The van der Waals surface area contributed by atoms with E-state index in [1.807, 2.05) is 16.7 Å². The van der Waals surface area contributed by atoms with Crippen LogP contribution in [0, 0.1) is 5.92 Å². The number of urea groups is 1. The highest BCUT2D eigenvalue weighted by Crippen LogP contribution is 2.25. The summed E-state index contributed by atoms with van der Waals surface area (Å²) in [4.78, 5) is 17.9. The highest BCUT2D eigenvalue weighted by molar-refractivity contribution is 7.99. The number of nitrogens with zero attached hydrogens (tertiary/aromatic N) is 2. The molecule has 4 nitrogen and oxygen atoms in total. The summed E-state index contributed by atoms with van der Waals surface area (Å²) in [6.07, 6.45) is 1.10. The summed E-state index contributed by atoms with van der Waals surface area (Å²) in [6.45, 7) is 9.22. The van der Waals surface area contributed by atoms with Crippen LogP contribution in [0.2, 0.25) is 0 Å². The van der Waals surface area contributed by atoms with Crippen molar-refractivity contribution in [1.29, 1.82) is 0 Å². The van der Waals surface area contributed by atoms with E-state index >= 15 is 0 Å². The van der Waals surface area contributed by atoms with Crippen LogP contribution in [-0.2, 0) is 0 Å². The average Bonchev–Trinajstić information content (AvgIpc) is 2.95. The normalized spacial score (nSPS) is 19.1. The fourth-order valence-corrected chi connectivity index (χ4v) is 3.99. The Kier molecular flexibility index (Phi) is 6.99. The van der Waals surface area contributed by atoms with Crippen molar-refractivity contribution in [3.05, 3.63) is 29.8 Å². The molecule has 1 aromatic rings. The molecule has 0 unspecified atom stereocenters. The van der Waals surface area contributed by atoms with Gasteiger partial charge in [-0.25, -0.2) is 4.79 Å². The zero-order valence-corrected chi connectivity index (χ0v) is 16.4. The number of hydrogen-bond acceptors (Lipinski definition) is 3. The number of thioether (sulfide) groups is 1. The Balaban J connectivity index is 1.85. The molecule has 2 rings (SSSR count). The highest BCUT2D eigenvalue weighted by atomic mass is 32.2. The average molecular weight is 350 g/mol. The Labute approximate surface area is 151 Å². The lowest BCUT2D eigenvalue weighted by Gasteiger charge is -2.22. The Morgan fingerprint density at radius 3 is 2.54 bits per heavy atom. The molecule has 1 aliphatic rings. The number of carbonyl (C=O) groups excluding carboxylic acids is 1. The third kappa shape index (κ3) is 5.71. The molecule has 1 heterocycles. The van der Waals surface area contributed by atoms with Gasteiger partial charge < -0.3 is 15.1 Å². The standard InChI is InChI=1S/C19H31N3OS/c1-14(2)24-18-8-6-17(7-9-18)15(3)20-19(23)22-11-10-16(13-22)12-21(4)5/h6-9,14-16H,10-13H2,1-5H3,(H,20,23)/t15-,16+/m0/s1. The molecule has 1 N–H and O–H groups in total. The number of carbonyl (C=O) groups is 1. The van der Waals surface area contributed by atoms with Crippen LogP contribution in [0.5, 0.6) is 0 Å². The molecule has 0 saturated carbocycles. The van der Waals surface area contributed by atoms with E-state index < -0.39 is 0 Å². The van der Waals surface area contributed by atoms with E-state index in [9.17, 15) is 4.79 Å². The summed E-state index contributed by atoms with van der Waals surface area (Å²) in [6, 6.07) is 8.62. The van der Waals surface area contributed by atoms with Crippen molar-refractivity contribution in [3.63, 3.8) is 0 Å². The molecule has 5 heteroatoms. The maximum atomic E-state index is 12.5. The third-order valence-corrected chi connectivity index (χ3v) is 5.30. The van der Waals surface area contributed by atoms with Gasteiger partial charge in [0, 0.05) is 29.8 Å². The predicted molar refractivity (Wildman–Crippen MR) is 103 cm³/mol. The second-order valence-electron chi connectivity index (χ2n) is 7.27. The molecule has 2 amide bonds. The molecular weight excluding hydrogens is 318 g/mol. The maximum Gasteiger partial charge on any atom is 0.317 e. The minimum absolute atomic E-state index is 0.0310. The van der Waals surface area contributed by atoms with Crippen LogP contribution in [0.4, 0.5) is 4.79 Å². The van der Waals surface area contributed by atoms with Crippen LogP contribution in [0.1, 0.15) is 38.8 Å². The highest BCUT2D eigenvalue weighted by Gasteiger charge is 2.27. The first-order valence-electron chi connectivity index (χ1n) is 8.82. The van der Waals surface area contributed by atoms with Crippen LogP contribution in [-0.4, -0.2) is 54.8 Å². The number of amides is 2. The van der Waals surface area contributed by atoms with Crippen molar-refractivity contribution < 1.29 is 4.79 Å². The fourth-order valence-electron chi connectivity index (χ4n) is 3.15. The van der Waals surface area contributed by atoms with Gasteiger partial charge in [0.2, 0.25) is 0 Å². The van der Waals surface area contributed by atoms with Crippen LogP contribution in [0.3, 0.4) is 0 Å². The van der Waals surface area contributed by atoms with E-state index in [4.69, 9.17) is 0 Å². The molecule has 0 aliphatic carbocycles. The number of rotatable bonds is 6. The molecule has 0 aromatic heterocycles. The molecule has 1 aromatic carbocycles. The van der Waals surface area contributed by atoms with E-state index in [1.165, 1.54) is 4.90 Å². The van der Waals surface area contributed by atoms with Gasteiger partial charge in [-0.15, -0.1) is 11.8 Å². The minimum Gasteiger partial charge on any atom is -0.331 e. The van der Waals surface area contributed by atoms with Gasteiger partial charge >= 0.3 is 6.03 Å². The van der Waals surface area contributed by atoms with Gasteiger partial charge in [-0.3, -0.25) is 0 Å². The van der Waals surface area contributed by atoms with Crippen molar-refractivity contribution in [2.45, 2.75) is 43.4 Å². The Morgan fingerprint density at radius 2 is 1.96 bits per heavy atom. The molecule has 0 radical (unpaired) electrons. The number of benzene rings is 1. The van der Waals surface area contributed by atoms with Crippen molar-refractivity contribution >= 4 is 17.8 Å². The molecule has 2 atom stereocenters. The molecular formula is C19H31N3OS. The zero-order chi connectivity index (χ0) is 17.7. The van der Waals surface area contributed by atoms with Gasteiger partial charge in [-0.1, -0.05) is 26.0 Å². The van der Waals surface area contributed by atoms with Gasteiger partial charge in [0.15, 0.2) is 0 Å². The Hall–Kier alpha value is -1.20. The Morgan fingerprint density at radius 1 is 1.29 bits per heavy atom. The Bertz CT molecular complexity index is 530. The second-order valence-corrected chi connectivity index (χ2v) is 8.92. The first-order chi connectivity index (χ1) is 11.3. The lowest BCUT2D eigenvalue weighted by Crippen LogP contribution is -2.40. The van der Waals surface area contributed by atoms with Crippen LogP contribution < -0.4 is 5.32 Å². The van der Waals surface area contributed by atoms with Gasteiger partial charge in [0.25, 0.3) is 0 Å². The van der Waals surface area contributed by atoms with E-state index in [0.29, 0.717) is 11.2 Å². The van der Waals surface area contributed by atoms with Crippen LogP contribution >= 0.6 is 11.8 Å². The molecule has 1 fully saturated rings. The number of hydrogen-bond donors (Lipinski definition) is 1. The number of likely N-dealkylation sites (tertiary alicyclic amines) is 1. The monoisotopic (exact) mass is 349 g/mol. The summed E-state index contributed by atoms with van der Waals surface area (Å²) < 4.78 is 0. The molecule has 1 aliphatic heterocycles. The first-order valence-corrected chi connectivity index (χ1v) is 9.70. The minimum atomic E-state index is 0.0310. The lowest BCUT2D eigenvalue weighted by molar-refractivity contribution is 0.202. The summed E-state index contributed by atoms with van der Waals surface area (Å²) in [5.41, 5.74) is 1.15. The second kappa shape index (κ2) is 8.77. The molecule has 0 bridgehead atoms. The number of nitrogens with one attached hydrogen (secondary N) is 1. The van der Waals surface area contributed by atoms with Crippen LogP contribution in [0.15, 0.2) is 29.2 Å². The zero-order valence-electron chi connectivity index (χ0n) is 15.6. The van der Waals surface area contributed by atoms with Crippen molar-refractivity contribution in [1.82, 2.24) is 15.1 Å². The van der Waals surface area contributed by atoms with E-state index in [2.05, 4.69) is 69.3 Å². The van der Waals surface area contributed by atoms with Crippen molar-refractivity contribution in [2.24, 2.45) is 5.92 Å². The molecule has 0 spiro atoms. The first kappa shape index (κ1) is 19.1. The van der Waals surface area contributed by atoms with E-state index in [0.717, 1.165) is 31.6 Å². The maximum absolute atomic E-state index is 12.5. The molecule has 1 saturated heterocycles. The molecule has 134 valence electrons. The van der Waals surface area contributed by atoms with E-state index in [1.54, 1.807) is 0 Å². The summed E-state index contributed by atoms with van der Waals surface area (Å²) in [7, 11) is 4.18. The van der Waals surface area contributed by atoms with Crippen molar-refractivity contribution in [2.75, 3.05) is 33.7 Å². The van der Waals surface area contributed by atoms with Crippen molar-refractivity contribution in [3.8, 4) is 0 Å². The van der Waals surface area contributed by atoms with Crippen LogP contribution in [0.25, 0.3) is 0 Å². The van der Waals surface area contributed by atoms with Gasteiger partial charge in [0.1, 0.15) is 0 Å². The SMILES string of the molecule is CC(C)Sc1ccc([C@H](C)NC(=O)N2CC[C@H](CN(C)C)C2)cc1. The van der Waals surface area contributed by atoms with Gasteiger partial charge in [-0.2, -0.15) is 0 Å². The summed E-state index contributed by atoms with van der Waals surface area (Å²) >= 11 is 1.86. The largest absolute Gasteiger partial charge is 0.331 e. The molecule has 24 heavy (non-hydrogen) atoms. The topological polar surface area (TPSA) is 35.6 Å². The fraction of sp³-hybridized carbons (Fsp3) is 0.632. The van der Waals surface area contributed by atoms with Gasteiger partial charge in [0.05, 0.1) is 6.04 Å². The lowest BCUT2D eigenvalue weighted by atomic mass is 10.1. The summed E-state index contributed by atoms with van der Waals surface area (Å²) in [5, 5.41) is 3.72. The quantitative estimate of drug-likeness (QED) is 0.793. The van der Waals surface area contributed by atoms with E-state index in [-0.39, 0.29) is 12.1 Å². The predicted octanol–water partition coefficient (Wildman–Crippen LogP) is 3.84. The smallest absolute Gasteiger partial charge is 0.317 e.